The Morgan fingerprint density at radius 1 is 0.935 bits per heavy atom. The first-order valence-corrected chi connectivity index (χ1v) is 10.9. The summed E-state index contributed by atoms with van der Waals surface area (Å²) in [6.45, 7) is 2.17. The third-order valence-corrected chi connectivity index (χ3v) is 6.38. The topological polar surface area (TPSA) is 9.23 Å². The Balaban J connectivity index is 1.74. The Labute approximate surface area is 180 Å². The molecule has 5 heteroatoms. The predicted molar refractivity (Wildman–Crippen MR) is 115 cm³/mol. The van der Waals surface area contributed by atoms with Crippen LogP contribution in [0.2, 0.25) is 0 Å². The van der Waals surface area contributed by atoms with Gasteiger partial charge in [-0.15, -0.1) is 13.2 Å². The van der Waals surface area contributed by atoms with Gasteiger partial charge in [-0.05, 0) is 65.5 Å². The van der Waals surface area contributed by atoms with Crippen LogP contribution in [0, 0.1) is 11.7 Å². The molecule has 0 N–H and O–H groups in total. The fourth-order valence-corrected chi connectivity index (χ4v) is 5.02. The third kappa shape index (κ3) is 4.70. The lowest BCUT2D eigenvalue weighted by Gasteiger charge is -2.35. The highest BCUT2D eigenvalue weighted by Crippen LogP contribution is 2.45. The van der Waals surface area contributed by atoms with Crippen molar-refractivity contribution in [2.75, 3.05) is 0 Å². The summed E-state index contributed by atoms with van der Waals surface area (Å²) in [5.74, 6) is 0.0404. The second-order valence-corrected chi connectivity index (χ2v) is 8.36. The highest BCUT2D eigenvalue weighted by Gasteiger charge is 2.33. The maximum Gasteiger partial charge on any atom is 0.573 e. The first-order chi connectivity index (χ1) is 14.9. The van der Waals surface area contributed by atoms with E-state index in [2.05, 4.69) is 11.7 Å². The summed E-state index contributed by atoms with van der Waals surface area (Å²) in [5.41, 5.74) is 3.30. The molecular formula is C26H26F4O. The molecule has 0 spiro atoms. The quantitative estimate of drug-likeness (QED) is 0.283. The number of alkyl halides is 3. The molecule has 1 nitrogen and oxygen atoms in total. The molecule has 0 radical (unpaired) electrons. The highest BCUT2D eigenvalue weighted by molar-refractivity contribution is 5.88. The van der Waals surface area contributed by atoms with E-state index in [0.29, 0.717) is 11.3 Å². The van der Waals surface area contributed by atoms with Gasteiger partial charge >= 0.3 is 6.36 Å². The van der Waals surface area contributed by atoms with Gasteiger partial charge in [0.05, 0.1) is 0 Å². The van der Waals surface area contributed by atoms with Crippen LogP contribution in [-0.2, 0) is 6.42 Å². The number of rotatable bonds is 6. The Morgan fingerprint density at radius 3 is 2.42 bits per heavy atom. The number of ether oxygens (including phenoxy) is 1. The summed E-state index contributed by atoms with van der Waals surface area (Å²) >= 11 is 0. The monoisotopic (exact) mass is 430 g/mol. The van der Waals surface area contributed by atoms with Gasteiger partial charge in [0.25, 0.3) is 0 Å². The molecule has 0 bridgehead atoms. The molecule has 31 heavy (non-hydrogen) atoms. The van der Waals surface area contributed by atoms with Crippen molar-refractivity contribution >= 4 is 10.8 Å². The van der Waals surface area contributed by atoms with Crippen molar-refractivity contribution in [2.45, 2.75) is 57.7 Å². The van der Waals surface area contributed by atoms with Crippen LogP contribution >= 0.6 is 0 Å². The van der Waals surface area contributed by atoms with E-state index in [0.717, 1.165) is 60.6 Å². The van der Waals surface area contributed by atoms with Crippen LogP contribution in [0.4, 0.5) is 17.6 Å². The smallest absolute Gasteiger partial charge is 0.406 e. The Kier molecular flexibility index (Phi) is 6.22. The van der Waals surface area contributed by atoms with Gasteiger partial charge in [0.1, 0.15) is 11.6 Å². The van der Waals surface area contributed by atoms with Gasteiger partial charge in [0.2, 0.25) is 0 Å². The minimum absolute atomic E-state index is 0.0770. The summed E-state index contributed by atoms with van der Waals surface area (Å²) in [6.07, 6.45) is 1.67. The third-order valence-electron chi connectivity index (χ3n) is 6.38. The Hall–Kier alpha value is -2.56. The number of hydrogen-bond donors (Lipinski definition) is 0. The van der Waals surface area contributed by atoms with Crippen molar-refractivity contribution in [1.29, 1.82) is 0 Å². The molecular weight excluding hydrogens is 404 g/mol. The number of aryl methyl sites for hydroxylation is 1. The second-order valence-electron chi connectivity index (χ2n) is 8.36. The first kappa shape index (κ1) is 21.7. The van der Waals surface area contributed by atoms with Crippen molar-refractivity contribution in [3.8, 4) is 5.75 Å². The first-order valence-electron chi connectivity index (χ1n) is 10.9. The van der Waals surface area contributed by atoms with Crippen LogP contribution in [0.1, 0.15) is 61.6 Å². The number of halogens is 4. The highest BCUT2D eigenvalue weighted by atomic mass is 19.4. The van der Waals surface area contributed by atoms with Gasteiger partial charge in [-0.1, -0.05) is 62.6 Å². The van der Waals surface area contributed by atoms with Crippen LogP contribution in [0.25, 0.3) is 10.8 Å². The Bertz CT molecular complexity index is 1040. The van der Waals surface area contributed by atoms with Crippen molar-refractivity contribution in [1.82, 2.24) is 0 Å². The summed E-state index contributed by atoms with van der Waals surface area (Å²) in [7, 11) is 0. The van der Waals surface area contributed by atoms with E-state index in [4.69, 9.17) is 0 Å². The summed E-state index contributed by atoms with van der Waals surface area (Å²) < 4.78 is 56.1. The standard InChI is InChI=1S/C26H26F4O/c1-2-3-4-6-17-11-14-21-20-7-5-8-24(27)22(20)15-16-23(21)25(17)18-9-12-19(13-10-18)31-26(28,29)30/h5,7-10,12-13,15-17,25H,2-4,6,11,14H2,1H3/t17-,25-/m1/s1. The zero-order valence-corrected chi connectivity index (χ0v) is 17.5. The summed E-state index contributed by atoms with van der Waals surface area (Å²) in [6, 6.07) is 15.3. The normalized spacial score (nSPS) is 18.7. The fraction of sp³-hybridized carbons (Fsp3) is 0.385. The molecule has 2 atom stereocenters. The molecule has 0 aromatic heterocycles. The molecule has 0 fully saturated rings. The van der Waals surface area contributed by atoms with Gasteiger partial charge in [0.15, 0.2) is 0 Å². The second kappa shape index (κ2) is 8.89. The molecule has 164 valence electrons. The van der Waals surface area contributed by atoms with Crippen molar-refractivity contribution < 1.29 is 22.3 Å². The van der Waals surface area contributed by atoms with Crippen LogP contribution in [-0.4, -0.2) is 6.36 Å². The number of hydrogen-bond acceptors (Lipinski definition) is 1. The van der Waals surface area contributed by atoms with Gasteiger partial charge in [0, 0.05) is 11.3 Å². The summed E-state index contributed by atoms with van der Waals surface area (Å²) in [4.78, 5) is 0. The van der Waals surface area contributed by atoms with E-state index in [1.807, 2.05) is 18.2 Å². The SMILES string of the molecule is CCCCC[C@@H]1CCc2c(ccc3c(F)cccc23)[C@H]1c1ccc(OC(F)(F)F)cc1. The molecule has 0 amide bonds. The van der Waals surface area contributed by atoms with E-state index in [-0.39, 0.29) is 17.5 Å². The van der Waals surface area contributed by atoms with E-state index in [1.165, 1.54) is 18.2 Å². The molecule has 4 rings (SSSR count). The van der Waals surface area contributed by atoms with Crippen molar-refractivity contribution in [3.63, 3.8) is 0 Å². The number of benzene rings is 3. The zero-order chi connectivity index (χ0) is 22.0. The number of fused-ring (bicyclic) bond motifs is 3. The van der Waals surface area contributed by atoms with Gasteiger partial charge < -0.3 is 4.74 Å². The molecule has 3 aromatic rings. The van der Waals surface area contributed by atoms with E-state index in [9.17, 15) is 17.6 Å². The van der Waals surface area contributed by atoms with E-state index in [1.54, 1.807) is 18.2 Å². The zero-order valence-electron chi connectivity index (χ0n) is 17.5. The van der Waals surface area contributed by atoms with Crippen molar-refractivity contribution in [2.24, 2.45) is 5.92 Å². The van der Waals surface area contributed by atoms with Crippen LogP contribution in [0.3, 0.4) is 0 Å². The minimum atomic E-state index is -4.70. The maximum absolute atomic E-state index is 14.3. The van der Waals surface area contributed by atoms with E-state index >= 15 is 0 Å². The van der Waals surface area contributed by atoms with Crippen LogP contribution < -0.4 is 4.74 Å². The number of unbranched alkanes of at least 4 members (excludes halogenated alkanes) is 2. The molecule has 3 aromatic carbocycles. The van der Waals surface area contributed by atoms with Gasteiger partial charge in [-0.3, -0.25) is 0 Å². The molecule has 0 heterocycles. The largest absolute Gasteiger partial charge is 0.573 e. The van der Waals surface area contributed by atoms with Crippen molar-refractivity contribution in [3.05, 3.63) is 77.1 Å². The average Bonchev–Trinajstić information content (AvgIpc) is 2.73. The minimum Gasteiger partial charge on any atom is -0.406 e. The lowest BCUT2D eigenvalue weighted by atomic mass is 9.69. The molecule has 0 saturated carbocycles. The van der Waals surface area contributed by atoms with Gasteiger partial charge in [-0.25, -0.2) is 4.39 Å². The lowest BCUT2D eigenvalue weighted by Crippen LogP contribution is -2.22. The van der Waals surface area contributed by atoms with Crippen LogP contribution in [0.5, 0.6) is 5.75 Å². The summed E-state index contributed by atoms with van der Waals surface area (Å²) in [5, 5.41) is 1.56. The maximum atomic E-state index is 14.3. The molecule has 1 aliphatic carbocycles. The molecule has 0 aliphatic heterocycles. The molecule has 0 saturated heterocycles. The molecule has 0 unspecified atom stereocenters. The van der Waals surface area contributed by atoms with E-state index < -0.39 is 6.36 Å². The average molecular weight is 430 g/mol. The van der Waals surface area contributed by atoms with Crippen LogP contribution in [0.15, 0.2) is 54.6 Å². The predicted octanol–water partition coefficient (Wildman–Crippen LogP) is 8.15. The van der Waals surface area contributed by atoms with Gasteiger partial charge in [-0.2, -0.15) is 0 Å². The Morgan fingerprint density at radius 2 is 1.71 bits per heavy atom. The molecule has 1 aliphatic rings. The fourth-order valence-electron chi connectivity index (χ4n) is 5.02. The lowest BCUT2D eigenvalue weighted by molar-refractivity contribution is -0.274.